The van der Waals surface area contributed by atoms with E-state index in [2.05, 4.69) is 15.6 Å². The molecule has 7 heteroatoms. The molecule has 0 bridgehead atoms. The SMILES string of the molecule is CCOc1nc(NCCNC(C)=O)cc(N)c1C#N. The molecular weight excluding hydrogens is 246 g/mol. The summed E-state index contributed by atoms with van der Waals surface area (Å²) < 4.78 is 5.27. The van der Waals surface area contributed by atoms with Crippen LogP contribution in [0.25, 0.3) is 0 Å². The van der Waals surface area contributed by atoms with E-state index >= 15 is 0 Å². The third-order valence-electron chi connectivity index (χ3n) is 2.21. The van der Waals surface area contributed by atoms with Crippen molar-refractivity contribution in [2.75, 3.05) is 30.7 Å². The topological polar surface area (TPSA) is 113 Å². The van der Waals surface area contributed by atoms with Crippen LogP contribution in [0.4, 0.5) is 11.5 Å². The van der Waals surface area contributed by atoms with Gasteiger partial charge < -0.3 is 21.1 Å². The first kappa shape index (κ1) is 14.6. The molecule has 0 saturated carbocycles. The quantitative estimate of drug-likeness (QED) is 0.643. The van der Waals surface area contributed by atoms with Gasteiger partial charge >= 0.3 is 0 Å². The van der Waals surface area contributed by atoms with Gasteiger partial charge in [-0.15, -0.1) is 0 Å². The van der Waals surface area contributed by atoms with E-state index in [0.717, 1.165) is 0 Å². The third kappa shape index (κ3) is 4.35. The molecule has 0 aromatic carbocycles. The fourth-order valence-corrected chi connectivity index (χ4v) is 1.41. The number of pyridine rings is 1. The van der Waals surface area contributed by atoms with Crippen molar-refractivity contribution < 1.29 is 9.53 Å². The van der Waals surface area contributed by atoms with Crippen LogP contribution < -0.4 is 21.1 Å². The summed E-state index contributed by atoms with van der Waals surface area (Å²) in [6, 6.07) is 3.53. The van der Waals surface area contributed by atoms with Gasteiger partial charge in [-0.3, -0.25) is 4.79 Å². The van der Waals surface area contributed by atoms with Gasteiger partial charge in [0.25, 0.3) is 0 Å². The minimum atomic E-state index is -0.0934. The molecular formula is C12H17N5O2. The summed E-state index contributed by atoms with van der Waals surface area (Å²) in [6.07, 6.45) is 0. The van der Waals surface area contributed by atoms with Gasteiger partial charge in [-0.05, 0) is 6.92 Å². The van der Waals surface area contributed by atoms with E-state index in [0.29, 0.717) is 31.2 Å². The Bertz CT molecular complexity index is 496. The minimum absolute atomic E-state index is 0.0934. The lowest BCUT2D eigenvalue weighted by Crippen LogP contribution is -2.26. The second-order valence-electron chi connectivity index (χ2n) is 3.73. The van der Waals surface area contributed by atoms with Gasteiger partial charge in [0.1, 0.15) is 17.5 Å². The molecule has 1 aromatic rings. The Hall–Kier alpha value is -2.49. The number of nitriles is 1. The standard InChI is InChI=1S/C12H17N5O2/c1-3-19-12-9(7-13)10(14)6-11(17-12)16-5-4-15-8(2)18/h6H,3-5H2,1-2H3,(H,15,18)(H3,14,16,17). The summed E-state index contributed by atoms with van der Waals surface area (Å²) >= 11 is 0. The normalized spacial score (nSPS) is 9.53. The molecule has 0 aliphatic rings. The number of nitrogens with one attached hydrogen (secondary N) is 2. The van der Waals surface area contributed by atoms with E-state index in [-0.39, 0.29) is 17.4 Å². The first-order chi connectivity index (χ1) is 9.08. The summed E-state index contributed by atoms with van der Waals surface area (Å²) in [4.78, 5) is 14.9. The summed E-state index contributed by atoms with van der Waals surface area (Å²) in [5, 5.41) is 14.6. The van der Waals surface area contributed by atoms with Gasteiger partial charge in [0, 0.05) is 26.1 Å². The predicted molar refractivity (Wildman–Crippen MR) is 71.7 cm³/mol. The van der Waals surface area contributed by atoms with Gasteiger partial charge in [-0.2, -0.15) is 10.2 Å². The molecule has 0 aliphatic heterocycles. The number of hydrogen-bond acceptors (Lipinski definition) is 6. The smallest absolute Gasteiger partial charge is 0.235 e. The summed E-state index contributed by atoms with van der Waals surface area (Å²) in [7, 11) is 0. The molecule has 1 aromatic heterocycles. The third-order valence-corrected chi connectivity index (χ3v) is 2.21. The van der Waals surface area contributed by atoms with E-state index in [9.17, 15) is 4.79 Å². The zero-order valence-corrected chi connectivity index (χ0v) is 11.0. The molecule has 0 radical (unpaired) electrons. The van der Waals surface area contributed by atoms with Gasteiger partial charge in [-0.1, -0.05) is 0 Å². The van der Waals surface area contributed by atoms with Crippen molar-refractivity contribution >= 4 is 17.4 Å². The van der Waals surface area contributed by atoms with Crippen molar-refractivity contribution in [2.45, 2.75) is 13.8 Å². The van der Waals surface area contributed by atoms with Crippen molar-refractivity contribution in [1.82, 2.24) is 10.3 Å². The maximum absolute atomic E-state index is 10.7. The van der Waals surface area contributed by atoms with Crippen molar-refractivity contribution in [3.05, 3.63) is 11.6 Å². The molecule has 0 unspecified atom stereocenters. The van der Waals surface area contributed by atoms with E-state index < -0.39 is 0 Å². The molecule has 4 N–H and O–H groups in total. The maximum atomic E-state index is 10.7. The molecule has 1 rings (SSSR count). The van der Waals surface area contributed by atoms with Crippen LogP contribution in [0, 0.1) is 11.3 Å². The lowest BCUT2D eigenvalue weighted by molar-refractivity contribution is -0.118. The van der Waals surface area contributed by atoms with Crippen molar-refractivity contribution in [2.24, 2.45) is 0 Å². The van der Waals surface area contributed by atoms with Crippen LogP contribution in [0.2, 0.25) is 0 Å². The number of aromatic nitrogens is 1. The Labute approximate surface area is 111 Å². The van der Waals surface area contributed by atoms with E-state index in [1.165, 1.54) is 6.92 Å². The number of carbonyl (C=O) groups is 1. The van der Waals surface area contributed by atoms with Gasteiger partial charge in [0.05, 0.1) is 12.3 Å². The Morgan fingerprint density at radius 2 is 2.32 bits per heavy atom. The lowest BCUT2D eigenvalue weighted by atomic mass is 10.2. The second kappa shape index (κ2) is 7.06. The summed E-state index contributed by atoms with van der Waals surface area (Å²) in [6.45, 7) is 4.63. The molecule has 1 heterocycles. The number of nitrogens with two attached hydrogens (primary N) is 1. The first-order valence-corrected chi connectivity index (χ1v) is 5.90. The fraction of sp³-hybridized carbons (Fsp3) is 0.417. The number of rotatable bonds is 6. The van der Waals surface area contributed by atoms with Crippen molar-refractivity contribution in [3.8, 4) is 11.9 Å². The number of nitrogen functional groups attached to an aromatic ring is 1. The van der Waals surface area contributed by atoms with Crippen LogP contribution in [0.15, 0.2) is 6.07 Å². The highest BCUT2D eigenvalue weighted by molar-refractivity contribution is 5.72. The van der Waals surface area contributed by atoms with E-state index in [1.807, 2.05) is 6.07 Å². The Morgan fingerprint density at radius 1 is 1.58 bits per heavy atom. The fourth-order valence-electron chi connectivity index (χ4n) is 1.41. The largest absolute Gasteiger partial charge is 0.477 e. The molecule has 0 aliphatic carbocycles. The summed E-state index contributed by atoms with van der Waals surface area (Å²) in [5.41, 5.74) is 6.30. The number of anilines is 2. The number of ether oxygens (including phenoxy) is 1. The van der Waals surface area contributed by atoms with Crippen LogP contribution in [-0.2, 0) is 4.79 Å². The Kier molecular flexibility index (Phi) is 5.41. The maximum Gasteiger partial charge on any atom is 0.235 e. The highest BCUT2D eigenvalue weighted by Crippen LogP contribution is 2.24. The molecule has 19 heavy (non-hydrogen) atoms. The molecule has 7 nitrogen and oxygen atoms in total. The lowest BCUT2D eigenvalue weighted by Gasteiger charge is -2.11. The minimum Gasteiger partial charge on any atom is -0.477 e. The van der Waals surface area contributed by atoms with Crippen LogP contribution in [-0.4, -0.2) is 30.6 Å². The van der Waals surface area contributed by atoms with Crippen LogP contribution in [0.3, 0.4) is 0 Å². The van der Waals surface area contributed by atoms with E-state index in [1.54, 1.807) is 13.0 Å². The Morgan fingerprint density at radius 3 is 2.89 bits per heavy atom. The van der Waals surface area contributed by atoms with Gasteiger partial charge in [0.15, 0.2) is 0 Å². The van der Waals surface area contributed by atoms with Crippen LogP contribution >= 0.6 is 0 Å². The Balaban J connectivity index is 2.74. The second-order valence-corrected chi connectivity index (χ2v) is 3.73. The average molecular weight is 263 g/mol. The monoisotopic (exact) mass is 263 g/mol. The number of hydrogen-bond donors (Lipinski definition) is 3. The highest BCUT2D eigenvalue weighted by Gasteiger charge is 2.11. The summed E-state index contributed by atoms with van der Waals surface area (Å²) in [5.74, 6) is 0.626. The molecule has 0 spiro atoms. The number of amides is 1. The van der Waals surface area contributed by atoms with Gasteiger partial charge in [-0.25, -0.2) is 0 Å². The molecule has 0 saturated heterocycles. The number of carbonyl (C=O) groups excluding carboxylic acids is 1. The molecule has 0 fully saturated rings. The zero-order chi connectivity index (χ0) is 14.3. The van der Waals surface area contributed by atoms with Crippen molar-refractivity contribution in [3.63, 3.8) is 0 Å². The predicted octanol–water partition coefficient (Wildman–Crippen LogP) is 0.482. The van der Waals surface area contributed by atoms with Crippen molar-refractivity contribution in [1.29, 1.82) is 5.26 Å². The van der Waals surface area contributed by atoms with Crippen LogP contribution in [0.1, 0.15) is 19.4 Å². The average Bonchev–Trinajstić information content (AvgIpc) is 2.35. The van der Waals surface area contributed by atoms with E-state index in [4.69, 9.17) is 15.7 Å². The molecule has 0 atom stereocenters. The molecule has 1 amide bonds. The van der Waals surface area contributed by atoms with Crippen LogP contribution in [0.5, 0.6) is 5.88 Å². The first-order valence-electron chi connectivity index (χ1n) is 5.90. The highest BCUT2D eigenvalue weighted by atomic mass is 16.5. The number of nitrogens with zero attached hydrogens (tertiary/aromatic N) is 2. The van der Waals surface area contributed by atoms with Gasteiger partial charge in [0.2, 0.25) is 11.8 Å². The molecule has 102 valence electrons. The zero-order valence-electron chi connectivity index (χ0n) is 11.0.